The Bertz CT molecular complexity index is 411. The SMILES string of the molecule is CCCc1nc(C(=O)NC(C)C2CCCNC2)n[nH]1. The average molecular weight is 265 g/mol. The summed E-state index contributed by atoms with van der Waals surface area (Å²) in [6.45, 7) is 6.17. The van der Waals surface area contributed by atoms with Gasteiger partial charge in [0.25, 0.3) is 5.91 Å². The van der Waals surface area contributed by atoms with E-state index in [0.717, 1.165) is 38.2 Å². The van der Waals surface area contributed by atoms with Gasteiger partial charge < -0.3 is 10.6 Å². The van der Waals surface area contributed by atoms with Crippen molar-refractivity contribution in [2.24, 2.45) is 5.92 Å². The third-order valence-corrected chi connectivity index (χ3v) is 3.62. The maximum absolute atomic E-state index is 12.0. The number of aromatic nitrogens is 3. The molecular formula is C13H23N5O. The lowest BCUT2D eigenvalue weighted by Gasteiger charge is -2.28. The first-order chi connectivity index (χ1) is 9.20. The number of piperidine rings is 1. The molecule has 3 N–H and O–H groups in total. The molecule has 0 spiro atoms. The van der Waals surface area contributed by atoms with Crippen molar-refractivity contribution in [3.05, 3.63) is 11.6 Å². The van der Waals surface area contributed by atoms with Crippen LogP contribution in [0.25, 0.3) is 0 Å². The van der Waals surface area contributed by atoms with E-state index in [-0.39, 0.29) is 17.8 Å². The van der Waals surface area contributed by atoms with Gasteiger partial charge >= 0.3 is 0 Å². The summed E-state index contributed by atoms with van der Waals surface area (Å²) in [5.74, 6) is 1.34. The van der Waals surface area contributed by atoms with Crippen LogP contribution in [0.2, 0.25) is 0 Å². The molecule has 2 unspecified atom stereocenters. The molecule has 2 heterocycles. The normalized spacial score (nSPS) is 21.1. The van der Waals surface area contributed by atoms with Crippen LogP contribution >= 0.6 is 0 Å². The van der Waals surface area contributed by atoms with Gasteiger partial charge in [0, 0.05) is 12.5 Å². The summed E-state index contributed by atoms with van der Waals surface area (Å²) in [6, 6.07) is 0.147. The number of aromatic amines is 1. The summed E-state index contributed by atoms with van der Waals surface area (Å²) in [5, 5.41) is 13.1. The van der Waals surface area contributed by atoms with E-state index in [0.29, 0.717) is 5.92 Å². The second-order valence-electron chi connectivity index (χ2n) is 5.22. The summed E-state index contributed by atoms with van der Waals surface area (Å²) in [7, 11) is 0. The molecule has 1 aliphatic heterocycles. The van der Waals surface area contributed by atoms with Gasteiger partial charge in [0.1, 0.15) is 5.82 Å². The first-order valence-electron chi connectivity index (χ1n) is 7.13. The number of amides is 1. The van der Waals surface area contributed by atoms with Crippen LogP contribution in [-0.4, -0.2) is 40.2 Å². The number of carbonyl (C=O) groups is 1. The van der Waals surface area contributed by atoms with Crippen LogP contribution in [0.3, 0.4) is 0 Å². The van der Waals surface area contributed by atoms with E-state index in [4.69, 9.17) is 0 Å². The Morgan fingerprint density at radius 2 is 2.42 bits per heavy atom. The van der Waals surface area contributed by atoms with Gasteiger partial charge in [-0.05, 0) is 45.2 Å². The Kier molecular flexibility index (Phi) is 4.90. The first kappa shape index (κ1) is 14.0. The Balaban J connectivity index is 1.88. The molecule has 106 valence electrons. The fourth-order valence-corrected chi connectivity index (χ4v) is 2.44. The van der Waals surface area contributed by atoms with Crippen molar-refractivity contribution in [3.8, 4) is 0 Å². The fourth-order valence-electron chi connectivity index (χ4n) is 2.44. The van der Waals surface area contributed by atoms with Crippen molar-refractivity contribution in [2.45, 2.75) is 45.6 Å². The summed E-state index contributed by atoms with van der Waals surface area (Å²) in [5.41, 5.74) is 0. The van der Waals surface area contributed by atoms with Gasteiger partial charge in [-0.2, -0.15) is 0 Å². The second kappa shape index (κ2) is 6.65. The largest absolute Gasteiger partial charge is 0.346 e. The lowest BCUT2D eigenvalue weighted by molar-refractivity contribution is 0.0911. The van der Waals surface area contributed by atoms with Gasteiger partial charge in [-0.3, -0.25) is 9.89 Å². The van der Waals surface area contributed by atoms with E-state index in [9.17, 15) is 4.79 Å². The zero-order chi connectivity index (χ0) is 13.7. The van der Waals surface area contributed by atoms with E-state index in [1.54, 1.807) is 0 Å². The topological polar surface area (TPSA) is 82.7 Å². The van der Waals surface area contributed by atoms with E-state index in [2.05, 4.69) is 39.7 Å². The van der Waals surface area contributed by atoms with Crippen molar-refractivity contribution in [1.29, 1.82) is 0 Å². The number of carbonyl (C=O) groups excluding carboxylic acids is 1. The minimum Gasteiger partial charge on any atom is -0.346 e. The van der Waals surface area contributed by atoms with Crippen molar-refractivity contribution in [2.75, 3.05) is 13.1 Å². The lowest BCUT2D eigenvalue weighted by atomic mass is 9.93. The van der Waals surface area contributed by atoms with Gasteiger partial charge in [-0.25, -0.2) is 4.98 Å². The van der Waals surface area contributed by atoms with Crippen LogP contribution in [0.4, 0.5) is 0 Å². The Hall–Kier alpha value is -1.43. The van der Waals surface area contributed by atoms with Crippen molar-refractivity contribution < 1.29 is 4.79 Å². The van der Waals surface area contributed by atoms with Gasteiger partial charge in [0.05, 0.1) is 0 Å². The number of nitrogens with one attached hydrogen (secondary N) is 3. The highest BCUT2D eigenvalue weighted by molar-refractivity contribution is 5.90. The number of hydrogen-bond donors (Lipinski definition) is 3. The van der Waals surface area contributed by atoms with E-state index < -0.39 is 0 Å². The molecule has 1 fully saturated rings. The molecule has 0 aromatic carbocycles. The minimum atomic E-state index is -0.184. The fraction of sp³-hybridized carbons (Fsp3) is 0.769. The first-order valence-corrected chi connectivity index (χ1v) is 7.13. The minimum absolute atomic E-state index is 0.147. The quantitative estimate of drug-likeness (QED) is 0.738. The smallest absolute Gasteiger partial charge is 0.291 e. The molecule has 0 aliphatic carbocycles. The molecule has 1 aliphatic rings. The van der Waals surface area contributed by atoms with Crippen LogP contribution in [0, 0.1) is 5.92 Å². The number of rotatable bonds is 5. The number of nitrogens with zero attached hydrogens (tertiary/aromatic N) is 2. The summed E-state index contributed by atoms with van der Waals surface area (Å²) >= 11 is 0. The molecule has 2 rings (SSSR count). The molecule has 6 heteroatoms. The summed E-state index contributed by atoms with van der Waals surface area (Å²) in [4.78, 5) is 16.2. The van der Waals surface area contributed by atoms with Gasteiger partial charge in [0.15, 0.2) is 0 Å². The maximum atomic E-state index is 12.0. The Morgan fingerprint density at radius 3 is 3.11 bits per heavy atom. The van der Waals surface area contributed by atoms with Crippen LogP contribution < -0.4 is 10.6 Å². The van der Waals surface area contributed by atoms with Crippen molar-refractivity contribution >= 4 is 5.91 Å². The predicted molar refractivity (Wildman–Crippen MR) is 72.9 cm³/mol. The highest BCUT2D eigenvalue weighted by Gasteiger charge is 2.23. The third-order valence-electron chi connectivity index (χ3n) is 3.62. The Morgan fingerprint density at radius 1 is 1.58 bits per heavy atom. The van der Waals surface area contributed by atoms with Crippen LogP contribution in [0.5, 0.6) is 0 Å². The van der Waals surface area contributed by atoms with E-state index >= 15 is 0 Å². The molecular weight excluding hydrogens is 242 g/mol. The van der Waals surface area contributed by atoms with Crippen LogP contribution in [0.1, 0.15) is 49.6 Å². The summed E-state index contributed by atoms with van der Waals surface area (Å²) in [6.07, 6.45) is 4.14. The van der Waals surface area contributed by atoms with E-state index in [1.165, 1.54) is 6.42 Å². The standard InChI is InChI=1S/C13H23N5O/c1-3-5-11-16-12(18-17-11)13(19)15-9(2)10-6-4-7-14-8-10/h9-10,14H,3-8H2,1-2H3,(H,15,19)(H,16,17,18). The lowest BCUT2D eigenvalue weighted by Crippen LogP contribution is -2.44. The number of H-pyrrole nitrogens is 1. The molecule has 2 atom stereocenters. The monoisotopic (exact) mass is 265 g/mol. The molecule has 1 amide bonds. The van der Waals surface area contributed by atoms with Gasteiger partial charge in [-0.15, -0.1) is 5.10 Å². The number of hydrogen-bond acceptors (Lipinski definition) is 4. The van der Waals surface area contributed by atoms with Crippen LogP contribution in [-0.2, 0) is 6.42 Å². The molecule has 1 aromatic rings. The highest BCUT2D eigenvalue weighted by Crippen LogP contribution is 2.14. The average Bonchev–Trinajstić information content (AvgIpc) is 2.89. The second-order valence-corrected chi connectivity index (χ2v) is 5.22. The Labute approximate surface area is 113 Å². The molecule has 6 nitrogen and oxygen atoms in total. The zero-order valence-corrected chi connectivity index (χ0v) is 11.7. The van der Waals surface area contributed by atoms with E-state index in [1.807, 2.05) is 0 Å². The summed E-state index contributed by atoms with van der Waals surface area (Å²) < 4.78 is 0. The molecule has 0 saturated carbocycles. The molecule has 1 aromatic heterocycles. The van der Waals surface area contributed by atoms with Gasteiger partial charge in [-0.1, -0.05) is 6.92 Å². The molecule has 0 bridgehead atoms. The zero-order valence-electron chi connectivity index (χ0n) is 11.7. The molecule has 19 heavy (non-hydrogen) atoms. The maximum Gasteiger partial charge on any atom is 0.291 e. The number of aryl methyl sites for hydroxylation is 1. The van der Waals surface area contributed by atoms with Gasteiger partial charge in [0.2, 0.25) is 5.82 Å². The third kappa shape index (κ3) is 3.76. The predicted octanol–water partition coefficient (Wildman–Crippen LogP) is 0.875. The molecule has 0 radical (unpaired) electrons. The highest BCUT2D eigenvalue weighted by atomic mass is 16.2. The van der Waals surface area contributed by atoms with Crippen LogP contribution in [0.15, 0.2) is 0 Å². The van der Waals surface area contributed by atoms with Crippen molar-refractivity contribution in [1.82, 2.24) is 25.8 Å². The van der Waals surface area contributed by atoms with Crippen molar-refractivity contribution in [3.63, 3.8) is 0 Å². The molecule has 1 saturated heterocycles.